The van der Waals surface area contributed by atoms with Crippen LogP contribution in [0.3, 0.4) is 0 Å². The number of ether oxygens (including phenoxy) is 1. The Balaban J connectivity index is 2.07. The molecule has 0 bridgehead atoms. The van der Waals surface area contributed by atoms with Gasteiger partial charge in [0.25, 0.3) is 0 Å². The lowest BCUT2D eigenvalue weighted by Crippen LogP contribution is -2.36. The quantitative estimate of drug-likeness (QED) is 0.663. The topological polar surface area (TPSA) is 55.4 Å². The molecule has 4 nitrogen and oxygen atoms in total. The molecule has 2 rings (SSSR count). The van der Waals surface area contributed by atoms with E-state index in [1.165, 1.54) is 0 Å². The maximum absolute atomic E-state index is 12.6. The Morgan fingerprint density at radius 2 is 1.96 bits per heavy atom. The molecule has 0 spiro atoms. The molecule has 1 amide bonds. The lowest BCUT2D eigenvalue weighted by molar-refractivity contribution is -0.157. The second-order valence-corrected chi connectivity index (χ2v) is 6.17. The summed E-state index contributed by atoms with van der Waals surface area (Å²) in [5.74, 6) is -1.17. The van der Waals surface area contributed by atoms with Crippen molar-refractivity contribution >= 4 is 17.6 Å². The van der Waals surface area contributed by atoms with Gasteiger partial charge in [-0.05, 0) is 50.8 Å². The molecule has 0 aromatic heterocycles. The van der Waals surface area contributed by atoms with Gasteiger partial charge in [-0.1, -0.05) is 31.2 Å². The Morgan fingerprint density at radius 1 is 1.26 bits per heavy atom. The minimum absolute atomic E-state index is 0.117. The number of rotatable bonds is 5. The van der Waals surface area contributed by atoms with Gasteiger partial charge in [0, 0.05) is 5.69 Å². The third-order valence-corrected chi connectivity index (χ3v) is 4.25. The fourth-order valence-electron chi connectivity index (χ4n) is 2.69. The summed E-state index contributed by atoms with van der Waals surface area (Å²) in [4.78, 5) is 24.9. The maximum Gasteiger partial charge on any atom is 0.310 e. The zero-order valence-electron chi connectivity index (χ0n) is 14.0. The Hall–Kier alpha value is -2.10. The fourth-order valence-corrected chi connectivity index (χ4v) is 2.69. The van der Waals surface area contributed by atoms with Gasteiger partial charge in [-0.3, -0.25) is 9.59 Å². The molecular weight excluding hydrogens is 290 g/mol. The summed E-state index contributed by atoms with van der Waals surface area (Å²) in [7, 11) is 0. The van der Waals surface area contributed by atoms with Crippen molar-refractivity contribution < 1.29 is 14.3 Å². The van der Waals surface area contributed by atoms with Crippen LogP contribution in [0.25, 0.3) is 0 Å². The van der Waals surface area contributed by atoms with E-state index < -0.39 is 5.92 Å². The molecule has 4 heteroatoms. The van der Waals surface area contributed by atoms with Gasteiger partial charge in [0.2, 0.25) is 5.91 Å². The van der Waals surface area contributed by atoms with Gasteiger partial charge in [-0.25, -0.2) is 0 Å². The number of anilines is 1. The largest absolute Gasteiger partial charge is 0.462 e. The maximum atomic E-state index is 12.6. The van der Waals surface area contributed by atoms with E-state index in [1.54, 1.807) is 0 Å². The highest BCUT2D eigenvalue weighted by Gasteiger charge is 2.35. The molecule has 1 N–H and O–H groups in total. The normalized spacial score (nSPS) is 21.5. The number of hydrogen-bond donors (Lipinski definition) is 1. The molecule has 1 aromatic carbocycles. The van der Waals surface area contributed by atoms with Gasteiger partial charge >= 0.3 is 5.97 Å². The molecule has 0 radical (unpaired) electrons. The van der Waals surface area contributed by atoms with E-state index in [2.05, 4.69) is 5.32 Å². The minimum Gasteiger partial charge on any atom is -0.462 e. The van der Waals surface area contributed by atoms with Crippen LogP contribution in [0.1, 0.15) is 38.7 Å². The Kier molecular flexibility index (Phi) is 5.97. The summed E-state index contributed by atoms with van der Waals surface area (Å²) >= 11 is 0. The van der Waals surface area contributed by atoms with Crippen molar-refractivity contribution in [2.75, 3.05) is 5.32 Å². The molecule has 3 atom stereocenters. The number of allylic oxidation sites excluding steroid dienone is 2. The van der Waals surface area contributed by atoms with Crippen molar-refractivity contribution in [2.24, 2.45) is 11.8 Å². The zero-order chi connectivity index (χ0) is 16.8. The van der Waals surface area contributed by atoms with Crippen LogP contribution in [-0.2, 0) is 14.3 Å². The standard InChI is InChI=1S/C19H25NO3/c1-4-14(3)23-19(22)17-11-6-5-10-16(17)18(21)20-15-9-7-8-13(2)12-15/h5-9,12,14,16-17H,4,10-11H2,1-3H3,(H,20,21)/t14-,16+,17+/m1/s1. The van der Waals surface area contributed by atoms with Crippen LogP contribution in [0.4, 0.5) is 5.69 Å². The van der Waals surface area contributed by atoms with E-state index in [-0.39, 0.29) is 23.9 Å². The average Bonchev–Trinajstić information content (AvgIpc) is 2.54. The van der Waals surface area contributed by atoms with Crippen LogP contribution in [0.15, 0.2) is 36.4 Å². The molecule has 1 aromatic rings. The Morgan fingerprint density at radius 3 is 2.61 bits per heavy atom. The first-order valence-corrected chi connectivity index (χ1v) is 8.24. The lowest BCUT2D eigenvalue weighted by atomic mass is 9.82. The van der Waals surface area contributed by atoms with Gasteiger partial charge < -0.3 is 10.1 Å². The number of benzene rings is 1. The van der Waals surface area contributed by atoms with Crippen molar-refractivity contribution in [3.05, 3.63) is 42.0 Å². The third kappa shape index (κ3) is 4.68. The number of aryl methyl sites for hydroxylation is 1. The molecule has 124 valence electrons. The first kappa shape index (κ1) is 17.3. The van der Waals surface area contributed by atoms with Gasteiger partial charge in [-0.15, -0.1) is 0 Å². The average molecular weight is 315 g/mol. The summed E-state index contributed by atoms with van der Waals surface area (Å²) in [5, 5.41) is 2.92. The van der Waals surface area contributed by atoms with Crippen LogP contribution in [0.5, 0.6) is 0 Å². The van der Waals surface area contributed by atoms with Crippen molar-refractivity contribution in [1.82, 2.24) is 0 Å². The van der Waals surface area contributed by atoms with E-state index in [1.807, 2.05) is 57.2 Å². The van der Waals surface area contributed by atoms with E-state index in [0.29, 0.717) is 12.8 Å². The molecule has 1 aliphatic rings. The predicted octanol–water partition coefficient (Wildman–Crippen LogP) is 3.86. The molecular formula is C19H25NO3. The number of hydrogen-bond acceptors (Lipinski definition) is 3. The smallest absolute Gasteiger partial charge is 0.310 e. The van der Waals surface area contributed by atoms with Crippen LogP contribution in [0.2, 0.25) is 0 Å². The van der Waals surface area contributed by atoms with Crippen molar-refractivity contribution in [1.29, 1.82) is 0 Å². The summed E-state index contributed by atoms with van der Waals surface area (Å²) in [6.07, 6.45) is 5.70. The number of carbonyl (C=O) groups excluding carboxylic acids is 2. The highest BCUT2D eigenvalue weighted by Crippen LogP contribution is 2.28. The van der Waals surface area contributed by atoms with Crippen LogP contribution in [-0.4, -0.2) is 18.0 Å². The molecule has 0 heterocycles. The number of nitrogens with one attached hydrogen (secondary N) is 1. The molecule has 0 saturated heterocycles. The summed E-state index contributed by atoms with van der Waals surface area (Å²) in [5.41, 5.74) is 1.85. The van der Waals surface area contributed by atoms with Crippen LogP contribution < -0.4 is 5.32 Å². The number of amides is 1. The van der Waals surface area contributed by atoms with Gasteiger partial charge in [-0.2, -0.15) is 0 Å². The first-order chi connectivity index (χ1) is 11.0. The van der Waals surface area contributed by atoms with E-state index in [4.69, 9.17) is 4.74 Å². The van der Waals surface area contributed by atoms with Gasteiger partial charge in [0.05, 0.1) is 17.9 Å². The van der Waals surface area contributed by atoms with Crippen LogP contribution in [0, 0.1) is 18.8 Å². The number of carbonyl (C=O) groups is 2. The Bertz CT molecular complexity index is 594. The second-order valence-electron chi connectivity index (χ2n) is 6.17. The molecule has 0 saturated carbocycles. The predicted molar refractivity (Wildman–Crippen MR) is 91.0 cm³/mol. The van der Waals surface area contributed by atoms with E-state index in [9.17, 15) is 9.59 Å². The lowest BCUT2D eigenvalue weighted by Gasteiger charge is -2.27. The SMILES string of the molecule is CC[C@@H](C)OC(=O)[C@H]1CC=CC[C@@H]1C(=O)Nc1cccc(C)c1. The van der Waals surface area contributed by atoms with E-state index in [0.717, 1.165) is 17.7 Å². The van der Waals surface area contributed by atoms with Gasteiger partial charge in [0.1, 0.15) is 0 Å². The monoisotopic (exact) mass is 315 g/mol. The summed E-state index contributed by atoms with van der Waals surface area (Å²) in [6, 6.07) is 7.66. The van der Waals surface area contributed by atoms with Crippen molar-refractivity contribution in [2.45, 2.75) is 46.1 Å². The zero-order valence-corrected chi connectivity index (χ0v) is 14.0. The highest BCUT2D eigenvalue weighted by molar-refractivity contribution is 5.95. The first-order valence-electron chi connectivity index (χ1n) is 8.24. The van der Waals surface area contributed by atoms with Crippen molar-refractivity contribution in [3.63, 3.8) is 0 Å². The molecule has 0 aliphatic heterocycles. The van der Waals surface area contributed by atoms with Crippen LogP contribution >= 0.6 is 0 Å². The number of esters is 1. The summed E-state index contributed by atoms with van der Waals surface area (Å²) in [6.45, 7) is 5.82. The molecule has 1 aliphatic carbocycles. The summed E-state index contributed by atoms with van der Waals surface area (Å²) < 4.78 is 5.44. The molecule has 23 heavy (non-hydrogen) atoms. The Labute approximate surface area is 137 Å². The second kappa shape index (κ2) is 7.95. The fraction of sp³-hybridized carbons (Fsp3) is 0.474. The highest BCUT2D eigenvalue weighted by atomic mass is 16.5. The molecule has 0 fully saturated rings. The minimum atomic E-state index is -0.404. The van der Waals surface area contributed by atoms with Gasteiger partial charge in [0.15, 0.2) is 0 Å². The third-order valence-electron chi connectivity index (χ3n) is 4.25. The van der Waals surface area contributed by atoms with Crippen molar-refractivity contribution in [3.8, 4) is 0 Å². The molecule has 0 unspecified atom stereocenters. The van der Waals surface area contributed by atoms with E-state index >= 15 is 0 Å².